The molecule has 4 rings (SSSR count). The molecule has 0 aliphatic heterocycles. The van der Waals surface area contributed by atoms with Crippen molar-refractivity contribution in [3.05, 3.63) is 54.2 Å². The molecule has 1 amide bonds. The number of amides is 1. The van der Waals surface area contributed by atoms with Crippen LogP contribution < -0.4 is 14.8 Å². The Morgan fingerprint density at radius 2 is 1.94 bits per heavy atom. The number of hydrogen-bond donors (Lipinski definition) is 2. The highest BCUT2D eigenvalue weighted by Gasteiger charge is 2.16. The second kappa shape index (κ2) is 8.86. The molecule has 0 saturated carbocycles. The molecule has 31 heavy (non-hydrogen) atoms. The van der Waals surface area contributed by atoms with Crippen LogP contribution in [0.25, 0.3) is 22.4 Å². The summed E-state index contributed by atoms with van der Waals surface area (Å²) in [7, 11) is 3.14. The summed E-state index contributed by atoms with van der Waals surface area (Å²) < 4.78 is 15.8. The number of aryl methyl sites for hydroxylation is 1. The molecule has 160 valence electrons. The number of H-pyrrole nitrogens is 1. The van der Waals surface area contributed by atoms with Crippen molar-refractivity contribution < 1.29 is 18.8 Å². The molecule has 2 heterocycles. The fourth-order valence-electron chi connectivity index (χ4n) is 3.23. The van der Waals surface area contributed by atoms with Gasteiger partial charge in [-0.2, -0.15) is 4.98 Å². The maximum atomic E-state index is 12.4. The van der Waals surface area contributed by atoms with E-state index in [1.807, 2.05) is 37.3 Å². The van der Waals surface area contributed by atoms with Crippen LogP contribution in [0.4, 0.5) is 0 Å². The molecule has 0 spiro atoms. The van der Waals surface area contributed by atoms with Crippen molar-refractivity contribution in [2.75, 3.05) is 14.2 Å². The summed E-state index contributed by atoms with van der Waals surface area (Å²) >= 11 is 0. The zero-order valence-corrected chi connectivity index (χ0v) is 17.5. The Morgan fingerprint density at radius 1 is 1.13 bits per heavy atom. The largest absolute Gasteiger partial charge is 0.493 e. The number of nitrogens with one attached hydrogen (secondary N) is 2. The molecule has 9 nitrogen and oxygen atoms in total. The lowest BCUT2D eigenvalue weighted by Crippen LogP contribution is -2.27. The highest BCUT2D eigenvalue weighted by molar-refractivity contribution is 5.77. The number of aromatic amines is 1. The molecule has 2 aromatic heterocycles. The van der Waals surface area contributed by atoms with Gasteiger partial charge in [0.1, 0.15) is 5.82 Å². The van der Waals surface area contributed by atoms with E-state index in [0.29, 0.717) is 35.5 Å². The number of carbonyl (C=O) groups excluding carboxylic acids is 1. The third kappa shape index (κ3) is 4.50. The smallest absolute Gasteiger partial charge is 0.227 e. The third-order valence-electron chi connectivity index (χ3n) is 4.87. The van der Waals surface area contributed by atoms with Crippen molar-refractivity contribution >= 4 is 16.9 Å². The van der Waals surface area contributed by atoms with Crippen LogP contribution in [-0.2, 0) is 11.2 Å². The van der Waals surface area contributed by atoms with E-state index in [-0.39, 0.29) is 18.4 Å². The fraction of sp³-hybridized carbons (Fsp3) is 0.273. The highest BCUT2D eigenvalue weighted by Crippen LogP contribution is 2.31. The number of benzene rings is 2. The van der Waals surface area contributed by atoms with Crippen LogP contribution in [0, 0.1) is 0 Å². The van der Waals surface area contributed by atoms with E-state index >= 15 is 0 Å². The van der Waals surface area contributed by atoms with E-state index in [1.54, 1.807) is 26.4 Å². The molecule has 1 atom stereocenters. The number of rotatable bonds is 8. The third-order valence-corrected chi connectivity index (χ3v) is 4.87. The molecule has 2 aromatic carbocycles. The van der Waals surface area contributed by atoms with Gasteiger partial charge in [0, 0.05) is 18.4 Å². The minimum Gasteiger partial charge on any atom is -0.493 e. The van der Waals surface area contributed by atoms with Gasteiger partial charge < -0.3 is 24.3 Å². The summed E-state index contributed by atoms with van der Waals surface area (Å²) in [6.07, 6.45) is 0.553. The van der Waals surface area contributed by atoms with E-state index < -0.39 is 0 Å². The molecule has 0 fully saturated rings. The Labute approximate surface area is 178 Å². The van der Waals surface area contributed by atoms with Gasteiger partial charge in [0.15, 0.2) is 11.5 Å². The van der Waals surface area contributed by atoms with Gasteiger partial charge in [-0.3, -0.25) is 4.79 Å². The number of aromatic nitrogens is 4. The quantitative estimate of drug-likeness (QED) is 0.448. The first kappa shape index (κ1) is 20.4. The molecule has 0 unspecified atom stereocenters. The number of carbonyl (C=O) groups is 1. The van der Waals surface area contributed by atoms with E-state index in [1.165, 1.54) is 0 Å². The Kier molecular flexibility index (Phi) is 5.83. The first-order valence-corrected chi connectivity index (χ1v) is 9.86. The maximum Gasteiger partial charge on any atom is 0.227 e. The summed E-state index contributed by atoms with van der Waals surface area (Å²) in [6, 6.07) is 12.9. The van der Waals surface area contributed by atoms with Crippen LogP contribution in [0.15, 0.2) is 47.0 Å². The van der Waals surface area contributed by atoms with Crippen LogP contribution >= 0.6 is 0 Å². The summed E-state index contributed by atoms with van der Waals surface area (Å²) in [5.41, 5.74) is 2.54. The lowest BCUT2D eigenvalue weighted by atomic mass is 10.2. The predicted octanol–water partition coefficient (Wildman–Crippen LogP) is 3.44. The minimum absolute atomic E-state index is 0.126. The molecular weight excluding hydrogens is 398 g/mol. The van der Waals surface area contributed by atoms with E-state index in [9.17, 15) is 4.79 Å². The van der Waals surface area contributed by atoms with Crippen molar-refractivity contribution in [2.24, 2.45) is 0 Å². The van der Waals surface area contributed by atoms with Crippen LogP contribution in [-0.4, -0.2) is 40.2 Å². The lowest BCUT2D eigenvalue weighted by molar-refractivity contribution is -0.121. The zero-order chi connectivity index (χ0) is 21.8. The van der Waals surface area contributed by atoms with Crippen LogP contribution in [0.3, 0.4) is 0 Å². The molecule has 0 aliphatic rings. The van der Waals surface area contributed by atoms with Gasteiger partial charge in [-0.25, -0.2) is 4.98 Å². The Balaban J connectivity index is 1.35. The zero-order valence-electron chi connectivity index (χ0n) is 17.5. The number of hydrogen-bond acceptors (Lipinski definition) is 7. The number of nitrogens with zero attached hydrogens (tertiary/aromatic N) is 3. The van der Waals surface area contributed by atoms with Crippen LogP contribution in [0.2, 0.25) is 0 Å². The van der Waals surface area contributed by atoms with Crippen molar-refractivity contribution in [2.45, 2.75) is 25.8 Å². The normalized spacial score (nSPS) is 12.0. The van der Waals surface area contributed by atoms with Gasteiger partial charge in [-0.05, 0) is 37.3 Å². The van der Waals surface area contributed by atoms with E-state index in [2.05, 4.69) is 25.4 Å². The maximum absolute atomic E-state index is 12.4. The molecule has 0 radical (unpaired) electrons. The first-order valence-electron chi connectivity index (χ1n) is 9.86. The second-order valence-electron chi connectivity index (χ2n) is 7.01. The van der Waals surface area contributed by atoms with Gasteiger partial charge in [0.25, 0.3) is 0 Å². The standard InChI is InChI=1S/C22H23N5O4/c1-13(21-24-15-6-4-5-7-16(15)25-21)23-19(28)10-11-20-26-22(27-31-20)14-8-9-17(29-2)18(12-14)30-3/h4-9,12-13H,10-11H2,1-3H3,(H,23,28)(H,24,25)/t13-/m1/s1. The van der Waals surface area contributed by atoms with Crippen molar-refractivity contribution in [1.82, 2.24) is 25.4 Å². The number of methoxy groups -OCH3 is 2. The van der Waals surface area contributed by atoms with Gasteiger partial charge in [0.05, 0.1) is 31.3 Å². The van der Waals surface area contributed by atoms with Crippen molar-refractivity contribution in [3.63, 3.8) is 0 Å². The van der Waals surface area contributed by atoms with E-state index in [4.69, 9.17) is 14.0 Å². The SMILES string of the molecule is COc1ccc(-c2noc(CCC(=O)N[C@H](C)c3nc4ccccc4[nH]3)n2)cc1OC. The number of fused-ring (bicyclic) bond motifs is 1. The molecule has 9 heteroatoms. The highest BCUT2D eigenvalue weighted by atomic mass is 16.5. The predicted molar refractivity (Wildman–Crippen MR) is 114 cm³/mol. The summed E-state index contributed by atoms with van der Waals surface area (Å²) in [6.45, 7) is 1.89. The molecule has 0 saturated heterocycles. The van der Waals surface area contributed by atoms with Crippen molar-refractivity contribution in [3.8, 4) is 22.9 Å². The van der Waals surface area contributed by atoms with Gasteiger partial charge in [0.2, 0.25) is 17.6 Å². The minimum atomic E-state index is -0.245. The van der Waals surface area contributed by atoms with E-state index in [0.717, 1.165) is 16.6 Å². The Bertz CT molecular complexity index is 1170. The van der Waals surface area contributed by atoms with Gasteiger partial charge in [-0.1, -0.05) is 17.3 Å². The molecular formula is C22H23N5O4. The number of imidazole rings is 1. The van der Waals surface area contributed by atoms with Crippen molar-refractivity contribution in [1.29, 1.82) is 0 Å². The van der Waals surface area contributed by atoms with Crippen LogP contribution in [0.1, 0.15) is 31.1 Å². The monoisotopic (exact) mass is 421 g/mol. The topological polar surface area (TPSA) is 115 Å². The molecule has 0 bridgehead atoms. The molecule has 2 N–H and O–H groups in total. The Hall–Kier alpha value is -3.88. The Morgan fingerprint density at radius 3 is 2.71 bits per heavy atom. The molecule has 0 aliphatic carbocycles. The molecule has 4 aromatic rings. The summed E-state index contributed by atoms with van der Waals surface area (Å²) in [5, 5.41) is 6.94. The lowest BCUT2D eigenvalue weighted by Gasteiger charge is -2.10. The van der Waals surface area contributed by atoms with Crippen LogP contribution in [0.5, 0.6) is 11.5 Å². The van der Waals surface area contributed by atoms with Gasteiger partial charge >= 0.3 is 0 Å². The number of ether oxygens (including phenoxy) is 2. The first-order chi connectivity index (χ1) is 15.1. The summed E-state index contributed by atoms with van der Waals surface area (Å²) in [5.74, 6) is 2.58. The fourth-order valence-corrected chi connectivity index (χ4v) is 3.23. The second-order valence-corrected chi connectivity index (χ2v) is 7.01. The number of para-hydroxylation sites is 2. The van der Waals surface area contributed by atoms with Gasteiger partial charge in [-0.15, -0.1) is 0 Å². The average Bonchev–Trinajstić information content (AvgIpc) is 3.44. The summed E-state index contributed by atoms with van der Waals surface area (Å²) in [4.78, 5) is 24.5. The average molecular weight is 421 g/mol.